The van der Waals surface area contributed by atoms with E-state index in [-0.39, 0.29) is 23.8 Å². The predicted molar refractivity (Wildman–Crippen MR) is 171 cm³/mol. The fourth-order valence-corrected chi connectivity index (χ4v) is 7.05. The molecule has 2 aromatic heterocycles. The Labute approximate surface area is 257 Å². The largest absolute Gasteiger partial charge is 0.353 e. The van der Waals surface area contributed by atoms with Crippen molar-refractivity contribution in [2.24, 2.45) is 0 Å². The number of nitrogens with zero attached hydrogens (tertiary/aromatic N) is 5. The van der Waals surface area contributed by atoms with Crippen LogP contribution in [-0.2, 0) is 0 Å². The van der Waals surface area contributed by atoms with Gasteiger partial charge < -0.3 is 20.0 Å². The van der Waals surface area contributed by atoms with Crippen LogP contribution >= 0.6 is 11.3 Å². The van der Waals surface area contributed by atoms with Crippen LogP contribution in [0.4, 0.5) is 10.6 Å². The Morgan fingerprint density at radius 1 is 0.814 bits per heavy atom. The van der Waals surface area contributed by atoms with Gasteiger partial charge in [0.1, 0.15) is 11.5 Å². The lowest BCUT2D eigenvalue weighted by Gasteiger charge is -2.39. The Balaban J connectivity index is 0.968. The summed E-state index contributed by atoms with van der Waals surface area (Å²) in [5.74, 6) is 1.33. The molecule has 2 fully saturated rings. The van der Waals surface area contributed by atoms with Crippen molar-refractivity contribution in [1.29, 1.82) is 0 Å². The second kappa shape index (κ2) is 13.8. The molecule has 0 bridgehead atoms. The van der Waals surface area contributed by atoms with Crippen LogP contribution in [0.5, 0.6) is 0 Å². The molecular formula is C34H38N6O2S. The molecule has 3 amide bonds. The van der Waals surface area contributed by atoms with Gasteiger partial charge in [-0.15, -0.1) is 11.3 Å². The lowest BCUT2D eigenvalue weighted by atomic mass is 9.88. The van der Waals surface area contributed by atoms with Gasteiger partial charge >= 0.3 is 6.03 Å². The third-order valence-electron chi connectivity index (χ3n) is 8.52. The maximum atomic E-state index is 13.2. The highest BCUT2D eigenvalue weighted by Gasteiger charge is 2.30. The van der Waals surface area contributed by atoms with E-state index in [4.69, 9.17) is 4.98 Å². The first kappa shape index (κ1) is 28.9. The fraction of sp³-hybridized carbons (Fsp3) is 0.353. The van der Waals surface area contributed by atoms with E-state index >= 15 is 0 Å². The standard InChI is InChI=1S/C34H38N6O2S/c41-32(36-18-14-29(26-9-3-1-4-10-26)27-11-5-2-6-12-27)30-25-43-33(37-30)28-15-19-39(20-16-28)34(42)40-23-21-38(22-24-40)31-13-7-8-17-35-31/h1-13,17,25,28-29H,14-16,18-24H2,(H,36,41). The minimum Gasteiger partial charge on any atom is -0.353 e. The van der Waals surface area contributed by atoms with Crippen LogP contribution in [0.25, 0.3) is 0 Å². The molecular weight excluding hydrogens is 556 g/mol. The number of pyridine rings is 1. The van der Waals surface area contributed by atoms with Crippen molar-refractivity contribution >= 4 is 29.1 Å². The minimum atomic E-state index is -0.125. The molecule has 6 rings (SSSR count). The van der Waals surface area contributed by atoms with Crippen LogP contribution in [0.15, 0.2) is 90.4 Å². The number of rotatable bonds is 8. The normalized spacial score (nSPS) is 16.0. The molecule has 2 aliphatic heterocycles. The number of thiazole rings is 1. The fourth-order valence-electron chi connectivity index (χ4n) is 6.08. The van der Waals surface area contributed by atoms with E-state index in [9.17, 15) is 9.59 Å². The number of anilines is 1. The molecule has 0 radical (unpaired) electrons. The van der Waals surface area contributed by atoms with Crippen LogP contribution < -0.4 is 10.2 Å². The molecule has 0 unspecified atom stereocenters. The number of benzene rings is 2. The Morgan fingerprint density at radius 3 is 2.07 bits per heavy atom. The second-order valence-electron chi connectivity index (χ2n) is 11.2. The molecule has 2 aliphatic rings. The van der Waals surface area contributed by atoms with Crippen LogP contribution in [-0.4, -0.2) is 77.5 Å². The molecule has 43 heavy (non-hydrogen) atoms. The SMILES string of the molecule is O=C(NCCC(c1ccccc1)c1ccccc1)c1csc(C2CCN(C(=O)N3CCN(c4ccccn4)CC3)CC2)n1. The molecule has 1 N–H and O–H groups in total. The number of hydrogen-bond acceptors (Lipinski definition) is 6. The Morgan fingerprint density at radius 2 is 1.44 bits per heavy atom. The van der Waals surface area contributed by atoms with Crippen molar-refractivity contribution in [2.45, 2.75) is 31.1 Å². The molecule has 222 valence electrons. The summed E-state index contributed by atoms with van der Waals surface area (Å²) in [7, 11) is 0. The molecule has 4 heterocycles. The average Bonchev–Trinajstić information content (AvgIpc) is 3.58. The average molecular weight is 595 g/mol. The lowest BCUT2D eigenvalue weighted by molar-refractivity contribution is 0.0948. The Bertz CT molecular complexity index is 1430. The highest BCUT2D eigenvalue weighted by molar-refractivity contribution is 7.09. The maximum absolute atomic E-state index is 13.2. The summed E-state index contributed by atoms with van der Waals surface area (Å²) in [4.78, 5) is 41.5. The van der Waals surface area contributed by atoms with Crippen molar-refractivity contribution in [3.05, 3.63) is 112 Å². The molecule has 0 aliphatic carbocycles. The number of likely N-dealkylation sites (tertiary alicyclic amines) is 1. The molecule has 9 heteroatoms. The van der Waals surface area contributed by atoms with Crippen LogP contribution in [0, 0.1) is 0 Å². The summed E-state index contributed by atoms with van der Waals surface area (Å²) < 4.78 is 0. The maximum Gasteiger partial charge on any atom is 0.320 e. The van der Waals surface area contributed by atoms with E-state index in [0.29, 0.717) is 38.4 Å². The van der Waals surface area contributed by atoms with Crippen molar-refractivity contribution in [2.75, 3.05) is 50.7 Å². The second-order valence-corrected chi connectivity index (χ2v) is 12.1. The summed E-state index contributed by atoms with van der Waals surface area (Å²) >= 11 is 1.56. The van der Waals surface area contributed by atoms with Gasteiger partial charge in [0.25, 0.3) is 5.91 Å². The van der Waals surface area contributed by atoms with Crippen molar-refractivity contribution in [3.63, 3.8) is 0 Å². The van der Waals surface area contributed by atoms with Gasteiger partial charge in [0.15, 0.2) is 0 Å². The number of carbonyl (C=O) groups is 2. The molecule has 0 atom stereocenters. The van der Waals surface area contributed by atoms with Gasteiger partial charge in [-0.1, -0.05) is 66.7 Å². The number of piperazine rings is 1. The van der Waals surface area contributed by atoms with Gasteiger partial charge in [-0.25, -0.2) is 14.8 Å². The van der Waals surface area contributed by atoms with E-state index in [1.807, 2.05) is 51.7 Å². The Hall–Kier alpha value is -4.24. The zero-order chi connectivity index (χ0) is 29.4. The van der Waals surface area contributed by atoms with Gasteiger partial charge in [0.2, 0.25) is 0 Å². The molecule has 8 nitrogen and oxygen atoms in total. The summed E-state index contributed by atoms with van der Waals surface area (Å²) in [5, 5.41) is 5.96. The topological polar surface area (TPSA) is 81.7 Å². The number of amides is 3. The lowest BCUT2D eigenvalue weighted by Crippen LogP contribution is -2.54. The minimum absolute atomic E-state index is 0.125. The Kier molecular flexibility index (Phi) is 9.28. The first-order valence-corrected chi connectivity index (χ1v) is 16.1. The van der Waals surface area contributed by atoms with E-state index in [1.54, 1.807) is 11.3 Å². The third kappa shape index (κ3) is 7.05. The highest BCUT2D eigenvalue weighted by Crippen LogP contribution is 2.31. The monoisotopic (exact) mass is 594 g/mol. The first-order valence-electron chi connectivity index (χ1n) is 15.2. The molecule has 4 aromatic rings. The van der Waals surface area contributed by atoms with E-state index < -0.39 is 0 Å². The van der Waals surface area contributed by atoms with Crippen molar-refractivity contribution < 1.29 is 9.59 Å². The zero-order valence-corrected chi connectivity index (χ0v) is 25.2. The van der Waals surface area contributed by atoms with Crippen LogP contribution in [0.3, 0.4) is 0 Å². The molecule has 0 spiro atoms. The van der Waals surface area contributed by atoms with Gasteiger partial charge in [-0.3, -0.25) is 4.79 Å². The van der Waals surface area contributed by atoms with Crippen LogP contribution in [0.1, 0.15) is 57.7 Å². The van der Waals surface area contributed by atoms with Gasteiger partial charge in [-0.05, 0) is 42.5 Å². The summed E-state index contributed by atoms with van der Waals surface area (Å²) in [6.07, 6.45) is 4.35. The smallest absolute Gasteiger partial charge is 0.320 e. The van der Waals surface area contributed by atoms with Gasteiger partial charge in [-0.2, -0.15) is 0 Å². The number of hydrogen-bond donors (Lipinski definition) is 1. The number of aromatic nitrogens is 2. The quantitative estimate of drug-likeness (QED) is 0.287. The third-order valence-corrected chi connectivity index (χ3v) is 9.52. The molecule has 2 aromatic carbocycles. The van der Waals surface area contributed by atoms with Crippen molar-refractivity contribution in [3.8, 4) is 0 Å². The number of urea groups is 1. The first-order chi connectivity index (χ1) is 21.2. The summed E-state index contributed by atoms with van der Waals surface area (Å²) in [5.41, 5.74) is 2.98. The summed E-state index contributed by atoms with van der Waals surface area (Å²) in [6, 6.07) is 27.0. The number of nitrogens with one attached hydrogen (secondary N) is 1. The zero-order valence-electron chi connectivity index (χ0n) is 24.3. The molecule has 2 saturated heterocycles. The highest BCUT2D eigenvalue weighted by atomic mass is 32.1. The van der Waals surface area contributed by atoms with E-state index in [1.165, 1.54) is 11.1 Å². The molecule has 0 saturated carbocycles. The number of piperidine rings is 1. The van der Waals surface area contributed by atoms with Crippen molar-refractivity contribution in [1.82, 2.24) is 25.1 Å². The van der Waals surface area contributed by atoms with Crippen LogP contribution in [0.2, 0.25) is 0 Å². The number of carbonyl (C=O) groups excluding carboxylic acids is 2. The predicted octanol–water partition coefficient (Wildman–Crippen LogP) is 5.61. The summed E-state index contributed by atoms with van der Waals surface area (Å²) in [6.45, 7) is 4.99. The van der Waals surface area contributed by atoms with E-state index in [0.717, 1.165) is 43.2 Å². The van der Waals surface area contributed by atoms with Gasteiger partial charge in [0, 0.05) is 69.2 Å². The van der Waals surface area contributed by atoms with Gasteiger partial charge in [0.05, 0.1) is 5.01 Å². The van der Waals surface area contributed by atoms with E-state index in [2.05, 4.69) is 63.7 Å².